The second kappa shape index (κ2) is 55.3. The normalized spacial score (nSPS) is 14.1. The maximum atomic E-state index is 15.0. The van der Waals surface area contributed by atoms with Gasteiger partial charge in [0.25, 0.3) is 0 Å². The van der Waals surface area contributed by atoms with E-state index in [1.807, 2.05) is 0 Å². The van der Waals surface area contributed by atoms with Crippen LogP contribution in [0.25, 0.3) is 10.9 Å². The number of rotatable bonds is 59. The molecule has 1 aromatic heterocycles. The molecule has 35 N–H and O–H groups in total. The fraction of sp³-hybridized carbons (Fsp3) is 0.592. The van der Waals surface area contributed by atoms with Crippen molar-refractivity contribution in [1.82, 2.24) is 84.7 Å². The van der Waals surface area contributed by atoms with Crippen LogP contribution in [0.5, 0.6) is 0 Å². The average molecular weight is 1680 g/mol. The van der Waals surface area contributed by atoms with Gasteiger partial charge in [-0.05, 0) is 171 Å². The van der Waals surface area contributed by atoms with Crippen molar-refractivity contribution in [3.63, 3.8) is 0 Å². The van der Waals surface area contributed by atoms with Crippen LogP contribution in [-0.2, 0) is 80.0 Å². The standard InChI is InChI=1S/C76H127N27O14S/c1-43(2)61(73(117)101-55(29-19-38-90-76(86)87)65(109)94-50(62(81)106)24-11-14-33-77)103-70(114)52(26-13-16-35-79)96-67(111)54(28-18-37-89-75(84)85)98-69(113)57(32-39-118-5)95-63(107)44(3)92-64(108)53(27-17-36-88-74(82)83)97-66(110)51(25-12-15-34-78)99-72(116)59(41-47-42-91-49-23-10-9-22-48(47)49)102-68(112)56(30-31-60(80)105)100-71(115)58(93-45(4)104)40-46-20-7-6-8-21-46/h6-10,20-23,42-44,50-59,61,91H,11-19,24-41,77-79H2,1-5H3,(H2,80,105)(H2,81,106)(H,92,108)(H,93,104)(H,94,109)(H,95,107)(H,96,111)(H,97,110)(H,98,113)(H,99,116)(H,100,115)(H,101,117)(H,102,112)(H,103,114)(H4,82,83,88)(H4,84,85,89)(H4,86,87,90)/t44-,50-,51-,52?,53?,54-,55?,56-,57?,58?,59?,61-/m0/s1. The number of amides is 14. The highest BCUT2D eigenvalue weighted by atomic mass is 32.2. The number of nitrogens with one attached hydrogen (secondary N) is 19. The number of para-hydroxylation sites is 1. The summed E-state index contributed by atoms with van der Waals surface area (Å²) in [7, 11) is 0. The second-order valence-electron chi connectivity index (χ2n) is 29.0. The molecule has 656 valence electrons. The van der Waals surface area contributed by atoms with Crippen LogP contribution in [0.4, 0.5) is 0 Å². The highest BCUT2D eigenvalue weighted by Crippen LogP contribution is 2.21. The van der Waals surface area contributed by atoms with E-state index in [4.69, 9.17) is 62.1 Å². The van der Waals surface area contributed by atoms with Gasteiger partial charge in [-0.15, -0.1) is 0 Å². The number of unbranched alkanes of at least 4 members (excludes halogenated alkanes) is 3. The van der Waals surface area contributed by atoms with Gasteiger partial charge in [-0.25, -0.2) is 0 Å². The van der Waals surface area contributed by atoms with Gasteiger partial charge in [-0.3, -0.25) is 83.4 Å². The van der Waals surface area contributed by atoms with E-state index in [0.717, 1.165) is 0 Å². The number of hydrogen-bond acceptors (Lipinski definition) is 21. The van der Waals surface area contributed by atoms with Crippen LogP contribution >= 0.6 is 11.8 Å². The predicted molar refractivity (Wildman–Crippen MR) is 448 cm³/mol. The smallest absolute Gasteiger partial charge is 0.243 e. The van der Waals surface area contributed by atoms with Crippen molar-refractivity contribution in [2.75, 3.05) is 51.3 Å². The number of carbonyl (C=O) groups is 14. The first-order valence-corrected chi connectivity index (χ1v) is 41.1. The van der Waals surface area contributed by atoms with Crippen molar-refractivity contribution in [2.24, 2.45) is 51.8 Å². The zero-order valence-electron chi connectivity index (χ0n) is 68.1. The van der Waals surface area contributed by atoms with Gasteiger partial charge in [0.1, 0.15) is 72.5 Å². The summed E-state index contributed by atoms with van der Waals surface area (Å²) in [5.74, 6) is -13.1. The molecule has 6 unspecified atom stereocenters. The number of hydrogen-bond donors (Lipinski definition) is 27. The topological polar surface area (TPSA) is 715 Å². The number of aromatic amines is 1. The van der Waals surface area contributed by atoms with E-state index in [9.17, 15) is 62.3 Å². The molecule has 2 aromatic carbocycles. The van der Waals surface area contributed by atoms with Crippen LogP contribution < -0.4 is 126 Å². The molecule has 3 rings (SSSR count). The van der Waals surface area contributed by atoms with Crippen LogP contribution in [-0.4, -0.2) is 229 Å². The van der Waals surface area contributed by atoms with Crippen LogP contribution in [0, 0.1) is 22.1 Å². The largest absolute Gasteiger partial charge is 0.370 e. The van der Waals surface area contributed by atoms with E-state index >= 15 is 4.79 Å². The molecule has 0 aliphatic carbocycles. The van der Waals surface area contributed by atoms with Gasteiger partial charge in [0.05, 0.1) is 0 Å². The van der Waals surface area contributed by atoms with Crippen molar-refractivity contribution in [1.29, 1.82) is 16.2 Å². The minimum absolute atomic E-state index is 0.0146. The minimum Gasteiger partial charge on any atom is -0.370 e. The van der Waals surface area contributed by atoms with E-state index in [1.165, 1.54) is 25.6 Å². The molecule has 0 radical (unpaired) electrons. The second-order valence-corrected chi connectivity index (χ2v) is 30.0. The lowest BCUT2D eigenvalue weighted by Crippen LogP contribution is -2.61. The van der Waals surface area contributed by atoms with Crippen molar-refractivity contribution in [3.8, 4) is 0 Å². The van der Waals surface area contributed by atoms with Crippen molar-refractivity contribution in [2.45, 2.75) is 229 Å². The molecule has 0 fully saturated rings. The monoisotopic (exact) mass is 1670 g/mol. The molecule has 41 nitrogen and oxygen atoms in total. The Bertz CT molecular complexity index is 3800. The third-order valence-electron chi connectivity index (χ3n) is 18.9. The maximum Gasteiger partial charge on any atom is 0.243 e. The Labute approximate surface area is 691 Å². The fourth-order valence-corrected chi connectivity index (χ4v) is 12.9. The number of aromatic nitrogens is 1. The lowest BCUT2D eigenvalue weighted by Gasteiger charge is -2.29. The van der Waals surface area contributed by atoms with Crippen LogP contribution in [0.1, 0.15) is 154 Å². The minimum atomic E-state index is -1.51. The van der Waals surface area contributed by atoms with Gasteiger partial charge < -0.3 is 131 Å². The molecule has 12 atom stereocenters. The number of nitrogens with two attached hydrogens (primary N) is 8. The number of carbonyl (C=O) groups excluding carboxylic acids is 14. The van der Waals surface area contributed by atoms with Crippen LogP contribution in [0.15, 0.2) is 60.8 Å². The summed E-state index contributed by atoms with van der Waals surface area (Å²) in [5, 5.41) is 63.7. The number of fused-ring (bicyclic) bond motifs is 1. The third-order valence-corrected chi connectivity index (χ3v) is 19.5. The summed E-state index contributed by atoms with van der Waals surface area (Å²) >= 11 is 1.32. The van der Waals surface area contributed by atoms with Gasteiger partial charge in [0.2, 0.25) is 82.7 Å². The number of thioether (sulfide) groups is 1. The molecule has 1 heterocycles. The number of H-pyrrole nitrogens is 1. The summed E-state index contributed by atoms with van der Waals surface area (Å²) in [5.41, 5.74) is 47.1. The quantitative estimate of drug-likeness (QED) is 0.0143. The van der Waals surface area contributed by atoms with E-state index in [1.54, 1.807) is 80.9 Å². The molecular weight excluding hydrogens is 1550 g/mol. The van der Waals surface area contributed by atoms with E-state index in [2.05, 4.69) is 84.7 Å². The highest BCUT2D eigenvalue weighted by Gasteiger charge is 2.38. The van der Waals surface area contributed by atoms with E-state index < -0.39 is 174 Å². The van der Waals surface area contributed by atoms with Gasteiger partial charge in [-0.2, -0.15) is 11.8 Å². The summed E-state index contributed by atoms with van der Waals surface area (Å²) in [6.45, 7) is 6.70. The summed E-state index contributed by atoms with van der Waals surface area (Å²) in [6.07, 6.45) is 4.89. The molecule has 42 heteroatoms. The SMILES string of the molecule is CSCCC(NC(=O)[C@H](C)NC(=O)C(CCCNC(=N)N)NC(=O)[C@H](CCCCN)NC(=O)C(Cc1c[nH]c2ccccc12)NC(=O)[C@H](CCC(N)=O)NC(=O)C(Cc1ccccc1)NC(C)=O)C(=O)N[C@@H](CCCNC(=N)N)C(=O)NC(CCCCN)C(=O)N[C@H](C(=O)NC(CCCNC(=N)N)C(=O)N[C@@H](CCCCN)C(N)=O)C(C)C. The van der Waals surface area contributed by atoms with Gasteiger partial charge in [-0.1, -0.05) is 62.4 Å². The Kier molecular flexibility index (Phi) is 47.2. The third kappa shape index (κ3) is 39.0. The Hall–Kier alpha value is -11.4. The van der Waals surface area contributed by atoms with E-state index in [0.29, 0.717) is 60.7 Å². The average Bonchev–Trinajstić information content (AvgIpc) is 1.67. The van der Waals surface area contributed by atoms with Crippen molar-refractivity contribution >= 4 is 123 Å². The van der Waals surface area contributed by atoms with Crippen molar-refractivity contribution < 1.29 is 67.1 Å². The zero-order chi connectivity index (χ0) is 87.8. The molecular formula is C76H127N27O14S. The summed E-state index contributed by atoms with van der Waals surface area (Å²) in [6, 6.07) is -0.677. The van der Waals surface area contributed by atoms with Gasteiger partial charge >= 0.3 is 0 Å². The highest BCUT2D eigenvalue weighted by molar-refractivity contribution is 7.98. The molecule has 0 saturated carbocycles. The molecule has 3 aromatic rings. The number of guanidine groups is 3. The number of primary amides is 2. The molecule has 0 saturated heterocycles. The molecule has 0 aliphatic rings. The summed E-state index contributed by atoms with van der Waals surface area (Å²) < 4.78 is 0. The molecule has 0 aliphatic heterocycles. The molecule has 118 heavy (non-hydrogen) atoms. The predicted octanol–water partition coefficient (Wildman–Crippen LogP) is -4.85. The van der Waals surface area contributed by atoms with Gasteiger partial charge in [0, 0.05) is 62.9 Å². The molecule has 0 bridgehead atoms. The summed E-state index contributed by atoms with van der Waals surface area (Å²) in [4.78, 5) is 200. The van der Waals surface area contributed by atoms with Crippen LogP contribution in [0.3, 0.4) is 0 Å². The molecule has 14 amide bonds. The maximum absolute atomic E-state index is 15.0. The lowest BCUT2D eigenvalue weighted by molar-refractivity contribution is -0.136. The fourth-order valence-electron chi connectivity index (χ4n) is 12.4. The number of benzene rings is 2. The lowest BCUT2D eigenvalue weighted by atomic mass is 10.00. The zero-order valence-corrected chi connectivity index (χ0v) is 68.9. The van der Waals surface area contributed by atoms with Crippen molar-refractivity contribution in [3.05, 3.63) is 71.9 Å². The first-order valence-electron chi connectivity index (χ1n) is 39.7. The Balaban J connectivity index is 2.00. The van der Waals surface area contributed by atoms with E-state index in [-0.39, 0.29) is 140 Å². The first-order chi connectivity index (χ1) is 56.1. The Morgan fingerprint density at radius 1 is 0.390 bits per heavy atom. The Morgan fingerprint density at radius 3 is 1.16 bits per heavy atom. The van der Waals surface area contributed by atoms with Gasteiger partial charge in [0.15, 0.2) is 17.9 Å². The first kappa shape index (κ1) is 101. The Morgan fingerprint density at radius 2 is 0.746 bits per heavy atom. The molecule has 0 spiro atoms. The van der Waals surface area contributed by atoms with Crippen LogP contribution in [0.2, 0.25) is 0 Å².